The Balaban J connectivity index is 3.05. The van der Waals surface area contributed by atoms with E-state index in [2.05, 4.69) is 6.92 Å². The zero-order valence-corrected chi connectivity index (χ0v) is 9.24. The number of ether oxygens (including phenoxy) is 2. The molecule has 81 valence electrons. The quantitative estimate of drug-likeness (QED) is 0.564. The number of carbonyl (C=O) groups is 1. The van der Waals surface area contributed by atoms with Crippen molar-refractivity contribution in [1.29, 1.82) is 0 Å². The molecule has 0 aromatic heterocycles. The zero-order valence-electron chi connectivity index (χ0n) is 9.24. The third-order valence-electron chi connectivity index (χ3n) is 1.97. The maximum absolute atomic E-state index is 10.8. The number of rotatable bonds is 3. The first-order chi connectivity index (χ1) is 7.02. The highest BCUT2D eigenvalue weighted by molar-refractivity contribution is 5.69. The molecule has 0 saturated heterocycles. The van der Waals surface area contributed by atoms with Gasteiger partial charge in [-0.25, -0.2) is 0 Å². The van der Waals surface area contributed by atoms with Crippen LogP contribution in [0.5, 0.6) is 11.5 Å². The number of benzene rings is 1. The molecule has 0 amide bonds. The molecule has 1 aromatic rings. The highest BCUT2D eigenvalue weighted by atomic mass is 16.5. The molecule has 0 bridgehead atoms. The Kier molecular flexibility index (Phi) is 3.72. The molecule has 0 heterocycles. The summed E-state index contributed by atoms with van der Waals surface area (Å²) in [6.45, 7) is 7.24. The van der Waals surface area contributed by atoms with E-state index in [4.69, 9.17) is 9.47 Å². The zero-order chi connectivity index (χ0) is 11.4. The summed E-state index contributed by atoms with van der Waals surface area (Å²) in [7, 11) is 1.57. The SMILES string of the molecule is [CH2]C(C)c1cc(OC)cc(OC(C)=O)c1. The minimum absolute atomic E-state index is 0.120. The molecule has 1 atom stereocenters. The Labute approximate surface area is 90.0 Å². The second kappa shape index (κ2) is 4.82. The topological polar surface area (TPSA) is 35.5 Å². The number of esters is 1. The lowest BCUT2D eigenvalue weighted by Crippen LogP contribution is -2.02. The third kappa shape index (κ3) is 3.27. The highest BCUT2D eigenvalue weighted by Crippen LogP contribution is 2.27. The molecule has 1 radical (unpaired) electrons. The molecule has 1 aromatic carbocycles. The molecule has 0 aliphatic heterocycles. The van der Waals surface area contributed by atoms with Gasteiger partial charge in [0.2, 0.25) is 0 Å². The van der Waals surface area contributed by atoms with Gasteiger partial charge < -0.3 is 9.47 Å². The minimum atomic E-state index is -0.342. The Hall–Kier alpha value is -1.51. The fourth-order valence-electron chi connectivity index (χ4n) is 1.22. The van der Waals surface area contributed by atoms with Gasteiger partial charge in [0.15, 0.2) is 0 Å². The standard InChI is InChI=1S/C12H15O3/c1-8(2)10-5-11(14-4)7-12(6-10)15-9(3)13/h5-8H,1H2,2-4H3. The summed E-state index contributed by atoms with van der Waals surface area (Å²) >= 11 is 0. The first-order valence-corrected chi connectivity index (χ1v) is 4.73. The lowest BCUT2D eigenvalue weighted by molar-refractivity contribution is -0.131. The molecule has 0 N–H and O–H groups in total. The van der Waals surface area contributed by atoms with Gasteiger partial charge in [-0.1, -0.05) is 6.92 Å². The fraction of sp³-hybridized carbons (Fsp3) is 0.333. The van der Waals surface area contributed by atoms with Crippen LogP contribution in [0.1, 0.15) is 25.3 Å². The molecule has 0 spiro atoms. The van der Waals surface area contributed by atoms with E-state index >= 15 is 0 Å². The largest absolute Gasteiger partial charge is 0.497 e. The van der Waals surface area contributed by atoms with E-state index in [9.17, 15) is 4.79 Å². The van der Waals surface area contributed by atoms with Crippen molar-refractivity contribution in [3.63, 3.8) is 0 Å². The van der Waals surface area contributed by atoms with Gasteiger partial charge in [-0.2, -0.15) is 0 Å². The molecule has 0 aliphatic carbocycles. The first-order valence-electron chi connectivity index (χ1n) is 4.73. The van der Waals surface area contributed by atoms with Gasteiger partial charge in [0.1, 0.15) is 11.5 Å². The summed E-state index contributed by atoms with van der Waals surface area (Å²) in [5.41, 5.74) is 0.977. The number of hydrogen-bond acceptors (Lipinski definition) is 3. The van der Waals surface area contributed by atoms with Crippen LogP contribution in [0.3, 0.4) is 0 Å². The lowest BCUT2D eigenvalue weighted by atomic mass is 10.0. The highest BCUT2D eigenvalue weighted by Gasteiger charge is 2.07. The van der Waals surface area contributed by atoms with Gasteiger partial charge >= 0.3 is 5.97 Å². The first kappa shape index (κ1) is 11.6. The summed E-state index contributed by atoms with van der Waals surface area (Å²) in [5, 5.41) is 0. The van der Waals surface area contributed by atoms with Crippen molar-refractivity contribution in [2.45, 2.75) is 19.8 Å². The summed E-state index contributed by atoms with van der Waals surface area (Å²) < 4.78 is 10.1. The monoisotopic (exact) mass is 207 g/mol. The molecule has 15 heavy (non-hydrogen) atoms. The van der Waals surface area contributed by atoms with Gasteiger partial charge in [-0.05, 0) is 30.5 Å². The van der Waals surface area contributed by atoms with Crippen LogP contribution in [0, 0.1) is 6.92 Å². The van der Waals surface area contributed by atoms with E-state index in [0.717, 1.165) is 5.56 Å². The Morgan fingerprint density at radius 2 is 1.93 bits per heavy atom. The van der Waals surface area contributed by atoms with Crippen molar-refractivity contribution < 1.29 is 14.3 Å². The Morgan fingerprint density at radius 1 is 1.33 bits per heavy atom. The second-order valence-electron chi connectivity index (χ2n) is 3.44. The number of methoxy groups -OCH3 is 1. The average Bonchev–Trinajstić information content (AvgIpc) is 2.16. The van der Waals surface area contributed by atoms with Crippen LogP contribution in [-0.4, -0.2) is 13.1 Å². The van der Waals surface area contributed by atoms with Gasteiger partial charge in [0, 0.05) is 13.0 Å². The van der Waals surface area contributed by atoms with E-state index in [-0.39, 0.29) is 11.9 Å². The number of hydrogen-bond donors (Lipinski definition) is 0. The van der Waals surface area contributed by atoms with Crippen LogP contribution in [0.25, 0.3) is 0 Å². The van der Waals surface area contributed by atoms with Crippen molar-refractivity contribution in [1.82, 2.24) is 0 Å². The summed E-state index contributed by atoms with van der Waals surface area (Å²) in [5.74, 6) is 0.937. The molecule has 1 unspecified atom stereocenters. The van der Waals surface area contributed by atoms with Crippen LogP contribution in [0.2, 0.25) is 0 Å². The summed E-state index contributed by atoms with van der Waals surface area (Å²) in [6, 6.07) is 5.35. The summed E-state index contributed by atoms with van der Waals surface area (Å²) in [6.07, 6.45) is 0. The summed E-state index contributed by atoms with van der Waals surface area (Å²) in [4.78, 5) is 10.8. The Morgan fingerprint density at radius 3 is 2.40 bits per heavy atom. The predicted octanol–water partition coefficient (Wildman–Crippen LogP) is 2.56. The molecule has 3 heteroatoms. The maximum atomic E-state index is 10.8. The molecule has 1 rings (SSSR count). The van der Waals surface area contributed by atoms with Crippen molar-refractivity contribution in [2.75, 3.05) is 7.11 Å². The molecule has 0 aliphatic rings. The van der Waals surface area contributed by atoms with Crippen molar-refractivity contribution in [3.05, 3.63) is 30.7 Å². The predicted molar refractivity (Wildman–Crippen MR) is 58.1 cm³/mol. The van der Waals surface area contributed by atoms with Gasteiger partial charge in [0.25, 0.3) is 0 Å². The molecule has 0 saturated carbocycles. The normalized spacial score (nSPS) is 10.2. The van der Waals surface area contributed by atoms with Crippen LogP contribution in [-0.2, 0) is 4.79 Å². The van der Waals surface area contributed by atoms with Gasteiger partial charge in [0.05, 0.1) is 7.11 Å². The Bertz CT molecular complexity index is 356. The van der Waals surface area contributed by atoms with Gasteiger partial charge in [-0.15, -0.1) is 0 Å². The number of carbonyl (C=O) groups excluding carboxylic acids is 1. The van der Waals surface area contributed by atoms with Crippen LogP contribution in [0.4, 0.5) is 0 Å². The maximum Gasteiger partial charge on any atom is 0.308 e. The van der Waals surface area contributed by atoms with Crippen LogP contribution < -0.4 is 9.47 Å². The van der Waals surface area contributed by atoms with Gasteiger partial charge in [-0.3, -0.25) is 4.79 Å². The van der Waals surface area contributed by atoms with E-state index in [1.807, 2.05) is 13.0 Å². The van der Waals surface area contributed by atoms with Crippen molar-refractivity contribution in [2.24, 2.45) is 0 Å². The molecule has 3 nitrogen and oxygen atoms in total. The van der Waals surface area contributed by atoms with Crippen molar-refractivity contribution >= 4 is 5.97 Å². The molecule has 0 fully saturated rings. The van der Waals surface area contributed by atoms with E-state index in [1.54, 1.807) is 19.2 Å². The smallest absolute Gasteiger partial charge is 0.308 e. The van der Waals surface area contributed by atoms with E-state index in [1.165, 1.54) is 6.92 Å². The van der Waals surface area contributed by atoms with Crippen LogP contribution in [0.15, 0.2) is 18.2 Å². The lowest BCUT2D eigenvalue weighted by Gasteiger charge is -2.10. The second-order valence-corrected chi connectivity index (χ2v) is 3.44. The fourth-order valence-corrected chi connectivity index (χ4v) is 1.22. The molecular weight excluding hydrogens is 192 g/mol. The van der Waals surface area contributed by atoms with E-state index in [0.29, 0.717) is 11.5 Å². The van der Waals surface area contributed by atoms with Crippen molar-refractivity contribution in [3.8, 4) is 11.5 Å². The third-order valence-corrected chi connectivity index (χ3v) is 1.97. The minimum Gasteiger partial charge on any atom is -0.497 e. The van der Waals surface area contributed by atoms with Crippen LogP contribution >= 0.6 is 0 Å². The molecular formula is C12H15O3. The van der Waals surface area contributed by atoms with E-state index < -0.39 is 0 Å². The average molecular weight is 207 g/mol.